The quantitative estimate of drug-likeness (QED) is 0.137. The Kier molecular flexibility index (Phi) is 7.37. The number of benzene rings is 2. The highest BCUT2D eigenvalue weighted by molar-refractivity contribution is 7.17. The predicted octanol–water partition coefficient (Wildman–Crippen LogP) is 6.03. The molecule has 0 saturated carbocycles. The molecule has 1 unspecified atom stereocenters. The van der Waals surface area contributed by atoms with Gasteiger partial charge in [0, 0.05) is 5.56 Å². The van der Waals surface area contributed by atoms with Gasteiger partial charge in [-0.15, -0.1) is 0 Å². The van der Waals surface area contributed by atoms with Crippen LogP contribution in [0.25, 0.3) is 5.76 Å². The van der Waals surface area contributed by atoms with Crippen LogP contribution in [0.1, 0.15) is 64.4 Å². The normalized spacial score (nSPS) is 17.1. The van der Waals surface area contributed by atoms with Gasteiger partial charge in [-0.1, -0.05) is 98.9 Å². The molecule has 1 aliphatic heterocycles. The molecule has 4 rings (SSSR count). The van der Waals surface area contributed by atoms with Crippen molar-refractivity contribution < 1.29 is 24.2 Å². The molecule has 38 heavy (non-hydrogen) atoms. The molecule has 0 aliphatic carbocycles. The maximum Gasteiger partial charge on any atom is 0.350 e. The van der Waals surface area contributed by atoms with Gasteiger partial charge in [0.05, 0.1) is 17.3 Å². The van der Waals surface area contributed by atoms with Crippen molar-refractivity contribution in [3.63, 3.8) is 0 Å². The van der Waals surface area contributed by atoms with E-state index in [1.807, 2.05) is 43.3 Å². The van der Waals surface area contributed by atoms with Gasteiger partial charge in [-0.25, -0.2) is 9.78 Å². The van der Waals surface area contributed by atoms with Crippen LogP contribution in [0.3, 0.4) is 0 Å². The zero-order chi connectivity index (χ0) is 27.8. The summed E-state index contributed by atoms with van der Waals surface area (Å²) in [5.41, 5.74) is 3.37. The number of carbonyl (C=O) groups is 3. The van der Waals surface area contributed by atoms with Crippen LogP contribution in [0.15, 0.2) is 66.8 Å². The van der Waals surface area contributed by atoms with E-state index in [2.05, 4.69) is 32.3 Å². The fourth-order valence-corrected chi connectivity index (χ4v) is 5.24. The molecular weight excluding hydrogens is 500 g/mol. The molecule has 196 valence electrons. The number of Topliss-reactive ketones (excluding diaryl/α,β-unsaturated/α-hetero) is 1. The van der Waals surface area contributed by atoms with Crippen LogP contribution in [0, 0.1) is 13.8 Å². The third kappa shape index (κ3) is 5.04. The third-order valence-electron chi connectivity index (χ3n) is 6.37. The number of ketones is 1. The number of thiazole rings is 1. The highest BCUT2D eigenvalue weighted by Crippen LogP contribution is 2.44. The first-order valence-electron chi connectivity index (χ1n) is 12.2. The topological polar surface area (TPSA) is 96.8 Å². The monoisotopic (exact) mass is 530 g/mol. The zero-order valence-corrected chi connectivity index (χ0v) is 22.9. The number of esters is 1. The number of aryl methyl sites for hydroxylation is 2. The van der Waals surface area contributed by atoms with E-state index in [4.69, 9.17) is 4.74 Å². The first-order valence-corrected chi connectivity index (χ1v) is 13.0. The summed E-state index contributed by atoms with van der Waals surface area (Å²) in [5, 5.41) is 11.5. The summed E-state index contributed by atoms with van der Waals surface area (Å²) in [6.07, 6.45) is 1.46. The fraction of sp³-hybridized carbons (Fsp3) is 0.267. The number of nitrogens with zero attached hydrogens (tertiary/aromatic N) is 2. The van der Waals surface area contributed by atoms with E-state index in [0.717, 1.165) is 22.5 Å². The minimum absolute atomic E-state index is 0.0344. The van der Waals surface area contributed by atoms with Crippen LogP contribution in [0.5, 0.6) is 0 Å². The van der Waals surface area contributed by atoms with Gasteiger partial charge < -0.3 is 9.84 Å². The summed E-state index contributed by atoms with van der Waals surface area (Å²) in [6.45, 7) is 13.4. The van der Waals surface area contributed by atoms with Crippen LogP contribution < -0.4 is 4.90 Å². The lowest BCUT2D eigenvalue weighted by Gasteiger charge is -2.24. The summed E-state index contributed by atoms with van der Waals surface area (Å²) in [5.74, 6) is -2.51. The van der Waals surface area contributed by atoms with Gasteiger partial charge in [0.15, 0.2) is 5.13 Å². The summed E-state index contributed by atoms with van der Waals surface area (Å²) in [7, 11) is 0. The first kappa shape index (κ1) is 27.0. The molecule has 1 atom stereocenters. The Morgan fingerprint density at radius 1 is 1.11 bits per heavy atom. The molecule has 1 aromatic heterocycles. The van der Waals surface area contributed by atoms with Crippen molar-refractivity contribution in [2.24, 2.45) is 0 Å². The number of aromatic nitrogens is 1. The molecule has 2 heterocycles. The number of hydrogen-bond acceptors (Lipinski definition) is 7. The molecule has 3 aromatic rings. The lowest BCUT2D eigenvalue weighted by molar-refractivity contribution is -0.132. The van der Waals surface area contributed by atoms with Gasteiger partial charge in [0.1, 0.15) is 17.2 Å². The predicted molar refractivity (Wildman–Crippen MR) is 148 cm³/mol. The van der Waals surface area contributed by atoms with Crippen LogP contribution in [-0.2, 0) is 19.7 Å². The fourth-order valence-electron chi connectivity index (χ4n) is 4.25. The molecule has 1 fully saturated rings. The van der Waals surface area contributed by atoms with Crippen molar-refractivity contribution in [2.45, 2.75) is 46.1 Å². The molecule has 1 amide bonds. The SMILES string of the molecule is C=CCOC(=O)c1sc(N2C(=O)C(=O)/C(=C(/O)c3ccc(C)cc3)C2c2ccc(C(C)(C)C)cc2)nc1C. The number of rotatable bonds is 6. The Morgan fingerprint density at radius 3 is 2.32 bits per heavy atom. The molecule has 8 heteroatoms. The highest BCUT2D eigenvalue weighted by atomic mass is 32.1. The minimum atomic E-state index is -0.937. The Bertz CT molecular complexity index is 1440. The summed E-state index contributed by atoms with van der Waals surface area (Å²) < 4.78 is 5.16. The number of ether oxygens (including phenoxy) is 1. The second kappa shape index (κ2) is 10.4. The number of anilines is 1. The maximum atomic E-state index is 13.4. The van der Waals surface area contributed by atoms with Crippen LogP contribution in [-0.4, -0.2) is 34.4 Å². The van der Waals surface area contributed by atoms with Crippen molar-refractivity contribution in [1.29, 1.82) is 0 Å². The minimum Gasteiger partial charge on any atom is -0.507 e. The van der Waals surface area contributed by atoms with Gasteiger partial charge in [-0.3, -0.25) is 14.5 Å². The van der Waals surface area contributed by atoms with Crippen molar-refractivity contribution in [3.05, 3.63) is 99.6 Å². The average molecular weight is 531 g/mol. The number of aliphatic hydroxyl groups excluding tert-OH is 1. The van der Waals surface area contributed by atoms with Gasteiger partial charge in [-0.05, 0) is 30.4 Å². The van der Waals surface area contributed by atoms with Gasteiger partial charge in [0.25, 0.3) is 5.78 Å². The van der Waals surface area contributed by atoms with E-state index in [1.54, 1.807) is 19.1 Å². The van der Waals surface area contributed by atoms with Crippen molar-refractivity contribution in [1.82, 2.24) is 4.98 Å². The Balaban J connectivity index is 1.89. The molecule has 2 aromatic carbocycles. The zero-order valence-electron chi connectivity index (χ0n) is 22.1. The Morgan fingerprint density at radius 2 is 1.74 bits per heavy atom. The van der Waals surface area contributed by atoms with Gasteiger partial charge >= 0.3 is 11.9 Å². The first-order chi connectivity index (χ1) is 17.9. The average Bonchev–Trinajstić information content (AvgIpc) is 3.38. The van der Waals surface area contributed by atoms with Crippen LogP contribution >= 0.6 is 11.3 Å². The summed E-state index contributed by atoms with van der Waals surface area (Å²) in [6, 6.07) is 13.7. The molecule has 0 bridgehead atoms. The van der Waals surface area contributed by atoms with Crippen LogP contribution in [0.4, 0.5) is 5.13 Å². The molecule has 0 spiro atoms. The highest BCUT2D eigenvalue weighted by Gasteiger charge is 2.48. The van der Waals surface area contributed by atoms with E-state index in [1.165, 1.54) is 11.0 Å². The third-order valence-corrected chi connectivity index (χ3v) is 7.51. The Hall–Kier alpha value is -4.04. The number of amides is 1. The maximum absolute atomic E-state index is 13.4. The Labute approximate surface area is 226 Å². The van der Waals surface area contributed by atoms with E-state index in [0.29, 0.717) is 16.8 Å². The van der Waals surface area contributed by atoms with E-state index in [9.17, 15) is 19.5 Å². The van der Waals surface area contributed by atoms with Crippen LogP contribution in [0.2, 0.25) is 0 Å². The lowest BCUT2D eigenvalue weighted by Crippen LogP contribution is -2.29. The molecule has 1 N–H and O–H groups in total. The summed E-state index contributed by atoms with van der Waals surface area (Å²) in [4.78, 5) is 45.4. The molecule has 1 saturated heterocycles. The van der Waals surface area contributed by atoms with Crippen molar-refractivity contribution in [3.8, 4) is 0 Å². The molecular formula is C30H30N2O5S. The molecule has 0 radical (unpaired) electrons. The number of hydrogen-bond donors (Lipinski definition) is 1. The number of aliphatic hydroxyl groups is 1. The van der Waals surface area contributed by atoms with E-state index in [-0.39, 0.29) is 33.4 Å². The second-order valence-electron chi connectivity index (χ2n) is 10.2. The van der Waals surface area contributed by atoms with Crippen molar-refractivity contribution in [2.75, 3.05) is 11.5 Å². The van der Waals surface area contributed by atoms with Gasteiger partial charge in [0.2, 0.25) is 0 Å². The second-order valence-corrected chi connectivity index (χ2v) is 11.2. The molecule has 1 aliphatic rings. The molecule has 7 nitrogen and oxygen atoms in total. The lowest BCUT2D eigenvalue weighted by atomic mass is 9.85. The van der Waals surface area contributed by atoms with E-state index < -0.39 is 23.7 Å². The summed E-state index contributed by atoms with van der Waals surface area (Å²) >= 11 is 0.967. The largest absolute Gasteiger partial charge is 0.507 e. The number of carbonyl (C=O) groups excluding carboxylic acids is 3. The standard InChI is InChI=1S/C30H30N2O5S/c1-7-16-37-28(36)26-18(3)31-29(38-26)32-23(19-12-14-21(15-13-19)30(4,5)6)22(25(34)27(32)35)24(33)20-10-8-17(2)9-11-20/h7-15,23,33H,1,16H2,2-6H3/b24-22+. The smallest absolute Gasteiger partial charge is 0.350 e. The van der Waals surface area contributed by atoms with E-state index >= 15 is 0 Å². The van der Waals surface area contributed by atoms with Crippen molar-refractivity contribution >= 4 is 39.9 Å². The van der Waals surface area contributed by atoms with Gasteiger partial charge in [-0.2, -0.15) is 0 Å².